The van der Waals surface area contributed by atoms with Gasteiger partial charge in [0.25, 0.3) is 10.1 Å². The largest absolute Gasteiger partial charge is 0.386 e. The summed E-state index contributed by atoms with van der Waals surface area (Å²) in [4.78, 5) is 12.3. The summed E-state index contributed by atoms with van der Waals surface area (Å²) in [7, 11) is -0.441. The first-order valence-corrected chi connectivity index (χ1v) is 9.82. The Bertz CT molecular complexity index is 521. The fraction of sp³-hybridized carbons (Fsp3) is 0.938. The second kappa shape index (κ2) is 8.12. The SMILES string of the molecule is CC(C)(C)C(C)(C)C(=O)NCCC[N+](C)(C)CC(O)CS(=O)(=O)O. The number of carbonyl (C=O) groups is 1. The fourth-order valence-electron chi connectivity index (χ4n) is 2.23. The molecule has 0 rings (SSSR count). The van der Waals surface area contributed by atoms with Crippen molar-refractivity contribution >= 4 is 16.0 Å². The molecule has 0 aliphatic heterocycles. The van der Waals surface area contributed by atoms with Gasteiger partial charge in [-0.1, -0.05) is 34.6 Å². The van der Waals surface area contributed by atoms with Gasteiger partial charge in [-0.15, -0.1) is 0 Å². The molecule has 0 aliphatic rings. The maximum Gasteiger partial charge on any atom is 0.267 e. The number of amides is 1. The van der Waals surface area contributed by atoms with Gasteiger partial charge >= 0.3 is 0 Å². The lowest BCUT2D eigenvalue weighted by molar-refractivity contribution is -0.893. The van der Waals surface area contributed by atoms with Gasteiger partial charge in [-0.3, -0.25) is 9.35 Å². The Kier molecular flexibility index (Phi) is 7.88. The number of nitrogens with zero attached hydrogens (tertiary/aromatic N) is 1. The van der Waals surface area contributed by atoms with E-state index in [4.69, 9.17) is 4.55 Å². The van der Waals surface area contributed by atoms with E-state index >= 15 is 0 Å². The number of carbonyl (C=O) groups excluding carboxylic acids is 1. The van der Waals surface area contributed by atoms with Gasteiger partial charge in [0.1, 0.15) is 18.4 Å². The molecule has 0 aromatic rings. The van der Waals surface area contributed by atoms with Crippen LogP contribution < -0.4 is 5.32 Å². The van der Waals surface area contributed by atoms with Crippen LogP contribution >= 0.6 is 0 Å². The van der Waals surface area contributed by atoms with Gasteiger partial charge in [-0.05, 0) is 5.41 Å². The van der Waals surface area contributed by atoms with E-state index in [-0.39, 0.29) is 17.9 Å². The lowest BCUT2D eigenvalue weighted by Crippen LogP contribution is -2.49. The van der Waals surface area contributed by atoms with Gasteiger partial charge in [-0.25, -0.2) is 0 Å². The van der Waals surface area contributed by atoms with Gasteiger partial charge in [-0.2, -0.15) is 8.42 Å². The van der Waals surface area contributed by atoms with Crippen molar-refractivity contribution in [1.82, 2.24) is 5.32 Å². The van der Waals surface area contributed by atoms with Crippen LogP contribution in [0.5, 0.6) is 0 Å². The third kappa shape index (κ3) is 8.41. The molecule has 1 amide bonds. The number of aliphatic hydroxyl groups excluding tert-OH is 1. The lowest BCUT2D eigenvalue weighted by Gasteiger charge is -2.37. The Morgan fingerprint density at radius 2 is 1.67 bits per heavy atom. The molecular weight excluding hydrogens is 332 g/mol. The average molecular weight is 368 g/mol. The first-order valence-electron chi connectivity index (χ1n) is 8.21. The van der Waals surface area contributed by atoms with Crippen LogP contribution in [-0.4, -0.2) is 74.1 Å². The summed E-state index contributed by atoms with van der Waals surface area (Å²) < 4.78 is 30.7. The van der Waals surface area contributed by atoms with Gasteiger partial charge < -0.3 is 14.9 Å². The minimum Gasteiger partial charge on any atom is -0.386 e. The van der Waals surface area contributed by atoms with E-state index in [0.717, 1.165) is 0 Å². The molecule has 7 nitrogen and oxygen atoms in total. The van der Waals surface area contributed by atoms with Gasteiger partial charge in [0.2, 0.25) is 5.91 Å². The van der Waals surface area contributed by atoms with E-state index in [2.05, 4.69) is 5.32 Å². The van der Waals surface area contributed by atoms with Gasteiger partial charge in [0.05, 0.1) is 20.6 Å². The van der Waals surface area contributed by atoms with E-state index in [1.54, 1.807) is 0 Å². The molecule has 144 valence electrons. The van der Waals surface area contributed by atoms with Crippen molar-refractivity contribution in [3.63, 3.8) is 0 Å². The Labute approximate surface area is 146 Å². The first kappa shape index (κ1) is 23.3. The van der Waals surface area contributed by atoms with Crippen LogP contribution in [0.15, 0.2) is 0 Å². The zero-order chi connectivity index (χ0) is 19.4. The highest BCUT2D eigenvalue weighted by Gasteiger charge is 2.39. The molecule has 0 bridgehead atoms. The zero-order valence-corrected chi connectivity index (χ0v) is 16.9. The Morgan fingerprint density at radius 3 is 2.08 bits per heavy atom. The van der Waals surface area contributed by atoms with Crippen molar-refractivity contribution in [2.75, 3.05) is 39.5 Å². The van der Waals surface area contributed by atoms with Crippen LogP contribution in [0.4, 0.5) is 0 Å². The summed E-state index contributed by atoms with van der Waals surface area (Å²) in [6.07, 6.45) is -0.415. The average Bonchev–Trinajstić information content (AvgIpc) is 2.29. The molecule has 0 aromatic carbocycles. The fourth-order valence-corrected chi connectivity index (χ4v) is 2.82. The number of aliphatic hydroxyl groups is 1. The third-order valence-electron chi connectivity index (χ3n) is 4.78. The molecule has 1 atom stereocenters. The van der Waals surface area contributed by atoms with E-state index in [1.807, 2.05) is 48.7 Å². The van der Waals surface area contributed by atoms with Crippen LogP contribution in [-0.2, 0) is 14.9 Å². The summed E-state index contributed by atoms with van der Waals surface area (Å²) in [5.41, 5.74) is -0.630. The van der Waals surface area contributed by atoms with E-state index in [1.165, 1.54) is 0 Å². The number of likely N-dealkylation sites (N-methyl/N-ethyl adjacent to an activating group) is 1. The highest BCUT2D eigenvalue weighted by Crippen LogP contribution is 2.37. The van der Waals surface area contributed by atoms with Gasteiger partial charge in [0, 0.05) is 18.4 Å². The van der Waals surface area contributed by atoms with Crippen molar-refractivity contribution in [3.8, 4) is 0 Å². The quantitative estimate of drug-likeness (QED) is 0.319. The molecule has 0 fully saturated rings. The standard InChI is InChI=1S/C16H34N2O5S/c1-15(2,3)16(4,5)14(20)17-9-8-10-18(6,7)11-13(19)12-24(21,22)23/h13,19H,8-12H2,1-7H3,(H-,17,20,21,22,23)/p+1. The number of nitrogens with one attached hydrogen (secondary N) is 1. The normalized spacial score (nSPS) is 15.2. The summed E-state index contributed by atoms with van der Waals surface area (Å²) in [5, 5.41) is 12.7. The zero-order valence-electron chi connectivity index (χ0n) is 16.1. The van der Waals surface area contributed by atoms with E-state index < -0.39 is 27.4 Å². The van der Waals surface area contributed by atoms with Gasteiger partial charge in [0.15, 0.2) is 0 Å². The van der Waals surface area contributed by atoms with Crippen molar-refractivity contribution in [2.24, 2.45) is 10.8 Å². The van der Waals surface area contributed by atoms with Crippen LogP contribution in [0.1, 0.15) is 41.0 Å². The molecule has 0 saturated heterocycles. The molecule has 0 aliphatic carbocycles. The van der Waals surface area contributed by atoms with Crippen molar-refractivity contribution < 1.29 is 27.4 Å². The summed E-state index contributed by atoms with van der Waals surface area (Å²) >= 11 is 0. The lowest BCUT2D eigenvalue weighted by atomic mass is 9.69. The van der Waals surface area contributed by atoms with E-state index in [9.17, 15) is 18.3 Å². The summed E-state index contributed by atoms with van der Waals surface area (Å²) in [6, 6.07) is 0. The third-order valence-corrected chi connectivity index (χ3v) is 5.58. The number of hydrogen-bond donors (Lipinski definition) is 3. The molecule has 24 heavy (non-hydrogen) atoms. The van der Waals surface area contributed by atoms with Crippen molar-refractivity contribution in [2.45, 2.75) is 47.1 Å². The molecule has 0 heterocycles. The smallest absolute Gasteiger partial charge is 0.267 e. The molecule has 0 saturated carbocycles. The predicted octanol–water partition coefficient (Wildman–Crippen LogP) is 0.890. The number of quaternary nitrogens is 1. The van der Waals surface area contributed by atoms with E-state index in [0.29, 0.717) is 24.0 Å². The number of hydrogen-bond acceptors (Lipinski definition) is 4. The van der Waals surface area contributed by atoms with Crippen LogP contribution in [0, 0.1) is 10.8 Å². The molecule has 1 unspecified atom stereocenters. The molecule has 0 spiro atoms. The topological polar surface area (TPSA) is 104 Å². The predicted molar refractivity (Wildman–Crippen MR) is 95.1 cm³/mol. The molecule has 0 aromatic heterocycles. The Morgan fingerprint density at radius 1 is 1.17 bits per heavy atom. The van der Waals surface area contributed by atoms with Crippen molar-refractivity contribution in [1.29, 1.82) is 0 Å². The molecule has 3 N–H and O–H groups in total. The monoisotopic (exact) mass is 367 g/mol. The maximum absolute atomic E-state index is 12.3. The Hall–Kier alpha value is -0.700. The summed E-state index contributed by atoms with van der Waals surface area (Å²) in [5.74, 6) is -0.655. The highest BCUT2D eigenvalue weighted by atomic mass is 32.2. The number of rotatable bonds is 9. The minimum absolute atomic E-state index is 0.00622. The van der Waals surface area contributed by atoms with Crippen LogP contribution in [0.3, 0.4) is 0 Å². The summed E-state index contributed by atoms with van der Waals surface area (Å²) in [6.45, 7) is 11.3. The maximum atomic E-state index is 12.3. The molecular formula is C16H35N2O5S+. The second-order valence-corrected chi connectivity index (χ2v) is 10.2. The molecule has 8 heteroatoms. The Balaban J connectivity index is 4.34. The highest BCUT2D eigenvalue weighted by molar-refractivity contribution is 7.85. The second-order valence-electron chi connectivity index (χ2n) is 8.73. The minimum atomic E-state index is -4.18. The van der Waals surface area contributed by atoms with Crippen LogP contribution in [0.2, 0.25) is 0 Å². The van der Waals surface area contributed by atoms with Crippen LogP contribution in [0.25, 0.3) is 0 Å². The molecule has 0 radical (unpaired) electrons. The first-order chi connectivity index (χ1) is 10.5. The van der Waals surface area contributed by atoms with Crippen molar-refractivity contribution in [3.05, 3.63) is 0 Å².